The number of para-hydroxylation sites is 4. The highest BCUT2D eigenvalue weighted by atomic mass is 16.3. The molecule has 7 aromatic carbocycles. The molecule has 3 heterocycles. The van der Waals surface area contributed by atoms with Crippen molar-refractivity contribution in [3.05, 3.63) is 140 Å². The first-order valence-electron chi connectivity index (χ1n) is 14.6. The molecule has 0 saturated carbocycles. The van der Waals surface area contributed by atoms with Crippen LogP contribution in [0.2, 0.25) is 0 Å². The zero-order chi connectivity index (χ0) is 28.1. The van der Waals surface area contributed by atoms with Gasteiger partial charge in [-0.05, 0) is 42.0 Å². The molecule has 0 aliphatic rings. The summed E-state index contributed by atoms with van der Waals surface area (Å²) in [6.45, 7) is 0. The molecule has 3 nitrogen and oxygen atoms in total. The van der Waals surface area contributed by atoms with E-state index >= 15 is 0 Å². The topological polar surface area (TPSA) is 31.2 Å². The predicted molar refractivity (Wildman–Crippen MR) is 178 cm³/mol. The van der Waals surface area contributed by atoms with E-state index in [-0.39, 0.29) is 0 Å². The first-order chi connectivity index (χ1) is 21.4. The van der Waals surface area contributed by atoms with Crippen molar-refractivity contribution in [1.82, 2.24) is 4.57 Å². The lowest BCUT2D eigenvalue weighted by molar-refractivity contribution is 0.669. The fourth-order valence-corrected chi connectivity index (χ4v) is 7.25. The molecule has 0 amide bonds. The molecule has 0 aliphatic carbocycles. The normalized spacial score (nSPS) is 12.2. The molecule has 3 heteroatoms. The summed E-state index contributed by atoms with van der Waals surface area (Å²) in [6.07, 6.45) is 0. The van der Waals surface area contributed by atoms with E-state index in [4.69, 9.17) is 8.83 Å². The Balaban J connectivity index is 1.53. The molecule has 10 aromatic rings. The highest BCUT2D eigenvalue weighted by Crippen LogP contribution is 2.49. The van der Waals surface area contributed by atoms with E-state index in [2.05, 4.69) is 132 Å². The van der Waals surface area contributed by atoms with Gasteiger partial charge in [0, 0.05) is 43.3 Å². The van der Waals surface area contributed by atoms with Gasteiger partial charge in [-0.15, -0.1) is 0 Å². The molecule has 3 aromatic heterocycles. The smallest absolute Gasteiger partial charge is 0.146 e. The quantitative estimate of drug-likeness (QED) is 0.215. The Labute approximate surface area is 245 Å². The molecule has 0 fully saturated rings. The number of aromatic nitrogens is 1. The Kier molecular flexibility index (Phi) is 4.45. The van der Waals surface area contributed by atoms with Gasteiger partial charge in [-0.3, -0.25) is 0 Å². The van der Waals surface area contributed by atoms with Crippen LogP contribution in [0.5, 0.6) is 0 Å². The van der Waals surface area contributed by atoms with Gasteiger partial charge < -0.3 is 13.4 Å². The van der Waals surface area contributed by atoms with Gasteiger partial charge in [-0.2, -0.15) is 0 Å². The van der Waals surface area contributed by atoms with Gasteiger partial charge in [0.25, 0.3) is 0 Å². The van der Waals surface area contributed by atoms with Crippen molar-refractivity contribution in [3.63, 3.8) is 0 Å². The number of hydrogen-bond donors (Lipinski definition) is 0. The second-order valence-corrected chi connectivity index (χ2v) is 11.2. The van der Waals surface area contributed by atoms with E-state index in [0.717, 1.165) is 71.4 Å². The maximum absolute atomic E-state index is 6.84. The Bertz CT molecular complexity index is 2720. The first kappa shape index (κ1) is 22.8. The Morgan fingerprint density at radius 3 is 1.88 bits per heavy atom. The van der Waals surface area contributed by atoms with Gasteiger partial charge in [0.05, 0.1) is 22.1 Å². The number of furan rings is 2. The van der Waals surface area contributed by atoms with Crippen molar-refractivity contribution in [1.29, 1.82) is 0 Å². The number of rotatable bonds is 2. The molecule has 0 saturated heterocycles. The van der Waals surface area contributed by atoms with E-state index in [1.807, 2.05) is 12.1 Å². The standard InChI is InChI=1S/C40H23NO2/c1-2-12-24(13-3-1)25-14-4-8-18-30(25)41-31-19-9-5-15-26(31)38-39(41)29-22-23-34-35(27-16-6-10-20-32(27)42-34)36(29)37-28-17-7-11-21-33(28)43-40(37)38/h1-23H. The maximum Gasteiger partial charge on any atom is 0.146 e. The van der Waals surface area contributed by atoms with Crippen LogP contribution in [0.4, 0.5) is 0 Å². The summed E-state index contributed by atoms with van der Waals surface area (Å²) >= 11 is 0. The lowest BCUT2D eigenvalue weighted by atomic mass is 9.95. The summed E-state index contributed by atoms with van der Waals surface area (Å²) in [5.41, 5.74) is 9.35. The second kappa shape index (κ2) is 8.37. The van der Waals surface area contributed by atoms with Crippen LogP contribution in [0.1, 0.15) is 0 Å². The van der Waals surface area contributed by atoms with Crippen molar-refractivity contribution >= 4 is 76.5 Å². The summed E-state index contributed by atoms with van der Waals surface area (Å²) < 4.78 is 15.7. The molecule has 0 atom stereocenters. The summed E-state index contributed by atoms with van der Waals surface area (Å²) in [5.74, 6) is 0. The highest BCUT2D eigenvalue weighted by molar-refractivity contribution is 6.40. The summed E-state index contributed by atoms with van der Waals surface area (Å²) in [7, 11) is 0. The zero-order valence-corrected chi connectivity index (χ0v) is 23.0. The summed E-state index contributed by atoms with van der Waals surface area (Å²) in [6, 6.07) is 49.2. The average Bonchev–Trinajstić information content (AvgIpc) is 3.75. The Morgan fingerprint density at radius 1 is 0.395 bits per heavy atom. The number of nitrogens with zero attached hydrogens (tertiary/aromatic N) is 1. The van der Waals surface area contributed by atoms with Gasteiger partial charge in [-0.25, -0.2) is 0 Å². The van der Waals surface area contributed by atoms with Crippen LogP contribution in [-0.2, 0) is 0 Å². The van der Waals surface area contributed by atoms with Crippen molar-refractivity contribution < 1.29 is 8.83 Å². The second-order valence-electron chi connectivity index (χ2n) is 11.2. The van der Waals surface area contributed by atoms with Crippen LogP contribution >= 0.6 is 0 Å². The lowest BCUT2D eigenvalue weighted by Crippen LogP contribution is -1.97. The minimum atomic E-state index is 0.881. The van der Waals surface area contributed by atoms with Gasteiger partial charge in [0.2, 0.25) is 0 Å². The van der Waals surface area contributed by atoms with E-state index in [1.54, 1.807) is 0 Å². The molecule has 200 valence electrons. The zero-order valence-electron chi connectivity index (χ0n) is 23.0. The summed E-state index contributed by atoms with van der Waals surface area (Å²) in [5, 5.41) is 9.12. The lowest BCUT2D eigenvalue weighted by Gasteiger charge is -2.15. The Morgan fingerprint density at radius 2 is 1.05 bits per heavy atom. The van der Waals surface area contributed by atoms with E-state index in [9.17, 15) is 0 Å². The van der Waals surface area contributed by atoms with E-state index in [1.165, 1.54) is 21.9 Å². The molecule has 0 spiro atoms. The van der Waals surface area contributed by atoms with E-state index < -0.39 is 0 Å². The molecule has 0 radical (unpaired) electrons. The highest BCUT2D eigenvalue weighted by Gasteiger charge is 2.26. The van der Waals surface area contributed by atoms with Gasteiger partial charge in [0.1, 0.15) is 22.3 Å². The number of hydrogen-bond acceptors (Lipinski definition) is 2. The molecular formula is C40H23NO2. The maximum atomic E-state index is 6.84. The fourth-order valence-electron chi connectivity index (χ4n) is 7.25. The molecule has 0 bridgehead atoms. The first-order valence-corrected chi connectivity index (χ1v) is 14.6. The summed E-state index contributed by atoms with van der Waals surface area (Å²) in [4.78, 5) is 0. The monoisotopic (exact) mass is 549 g/mol. The third-order valence-electron chi connectivity index (χ3n) is 8.98. The Hall–Kier alpha value is -5.80. The SMILES string of the molecule is c1ccc(-c2ccccc2-n2c3ccccc3c3c4oc5ccccc5c4c4c(ccc5oc6ccccc6c54)c32)cc1. The van der Waals surface area contributed by atoms with E-state index in [0.29, 0.717) is 0 Å². The third-order valence-corrected chi connectivity index (χ3v) is 8.98. The molecular weight excluding hydrogens is 526 g/mol. The largest absolute Gasteiger partial charge is 0.456 e. The molecule has 0 N–H and O–H groups in total. The van der Waals surface area contributed by atoms with Crippen molar-refractivity contribution in [2.24, 2.45) is 0 Å². The number of fused-ring (bicyclic) bond motifs is 14. The molecule has 0 unspecified atom stereocenters. The van der Waals surface area contributed by atoms with Crippen LogP contribution in [-0.4, -0.2) is 4.57 Å². The van der Waals surface area contributed by atoms with Crippen LogP contribution in [0.15, 0.2) is 148 Å². The minimum Gasteiger partial charge on any atom is -0.456 e. The van der Waals surface area contributed by atoms with Crippen LogP contribution in [0, 0.1) is 0 Å². The van der Waals surface area contributed by atoms with Gasteiger partial charge >= 0.3 is 0 Å². The van der Waals surface area contributed by atoms with Crippen LogP contribution in [0.25, 0.3) is 93.3 Å². The molecule has 0 aliphatic heterocycles. The molecule has 43 heavy (non-hydrogen) atoms. The average molecular weight is 550 g/mol. The van der Waals surface area contributed by atoms with Crippen LogP contribution < -0.4 is 0 Å². The van der Waals surface area contributed by atoms with Gasteiger partial charge in [0.15, 0.2) is 0 Å². The fraction of sp³-hybridized carbons (Fsp3) is 0. The minimum absolute atomic E-state index is 0.881. The molecule has 10 rings (SSSR count). The number of benzene rings is 7. The van der Waals surface area contributed by atoms with Gasteiger partial charge in [-0.1, -0.05) is 103 Å². The van der Waals surface area contributed by atoms with Crippen molar-refractivity contribution in [3.8, 4) is 16.8 Å². The third kappa shape index (κ3) is 2.98. The van der Waals surface area contributed by atoms with Crippen LogP contribution in [0.3, 0.4) is 0 Å². The van der Waals surface area contributed by atoms with Crippen molar-refractivity contribution in [2.75, 3.05) is 0 Å². The van der Waals surface area contributed by atoms with Crippen molar-refractivity contribution in [2.45, 2.75) is 0 Å². The predicted octanol–water partition coefficient (Wildman–Crippen LogP) is 11.4.